The molecule has 0 aliphatic rings. The zero-order chi connectivity index (χ0) is 20.8. The second kappa shape index (κ2) is 9.43. The molecule has 150 valence electrons. The molecule has 0 bridgehead atoms. The lowest BCUT2D eigenvalue weighted by atomic mass is 9.99. The molecule has 0 fully saturated rings. The summed E-state index contributed by atoms with van der Waals surface area (Å²) in [5.41, 5.74) is 0.637. The highest BCUT2D eigenvalue weighted by Crippen LogP contribution is 2.18. The van der Waals surface area contributed by atoms with Crippen molar-refractivity contribution in [3.8, 4) is 0 Å². The van der Waals surface area contributed by atoms with Crippen LogP contribution >= 0.6 is 0 Å². The van der Waals surface area contributed by atoms with Gasteiger partial charge in [0.2, 0.25) is 0 Å². The maximum Gasteiger partial charge on any atom is 0.139 e. The molecule has 0 aliphatic heterocycles. The van der Waals surface area contributed by atoms with Gasteiger partial charge in [-0.2, -0.15) is 0 Å². The first-order valence-electron chi connectivity index (χ1n) is 8.23. The summed E-state index contributed by atoms with van der Waals surface area (Å²) in [7, 11) is 0. The van der Waals surface area contributed by atoms with Crippen LogP contribution in [0.3, 0.4) is 0 Å². The maximum atomic E-state index is 12.9. The van der Waals surface area contributed by atoms with E-state index < -0.39 is 47.6 Å². The molecule has 0 aromatic heterocycles. The van der Waals surface area contributed by atoms with Crippen molar-refractivity contribution in [1.29, 1.82) is 0 Å². The lowest BCUT2D eigenvalue weighted by Crippen LogP contribution is -2.45. The molecule has 28 heavy (non-hydrogen) atoms. The molecule has 0 spiro atoms. The molecule has 0 aliphatic carbocycles. The number of aliphatic hydroxyl groups excluding tert-OH is 6. The van der Waals surface area contributed by atoms with E-state index >= 15 is 0 Å². The van der Waals surface area contributed by atoms with Gasteiger partial charge in [-0.3, -0.25) is 0 Å². The van der Waals surface area contributed by atoms with E-state index in [1.807, 2.05) is 0 Å². The van der Waals surface area contributed by atoms with Gasteiger partial charge in [0, 0.05) is 0 Å². The number of rotatable bonds is 7. The fourth-order valence-corrected chi connectivity index (χ4v) is 2.35. The molecule has 0 saturated heterocycles. The summed E-state index contributed by atoms with van der Waals surface area (Å²) in [6.07, 6.45) is -6.02. The molecule has 6 N–H and O–H groups in total. The van der Waals surface area contributed by atoms with E-state index in [0.717, 1.165) is 36.4 Å². The van der Waals surface area contributed by atoms with E-state index in [0.29, 0.717) is 11.1 Å². The van der Waals surface area contributed by atoms with Crippen LogP contribution in [0.4, 0.5) is 8.78 Å². The number of hydrogen-bond acceptors (Lipinski definition) is 6. The van der Waals surface area contributed by atoms with Crippen molar-refractivity contribution in [2.45, 2.75) is 24.4 Å². The molecule has 0 unspecified atom stereocenters. The SMILES string of the molecule is OC(=Cc1ccc(F)cc1)[C@@H](O)[C@@H](O)[C@H](O)[C@@H](O)C(O)=Cc1ccc(F)cc1. The van der Waals surface area contributed by atoms with Gasteiger partial charge in [0.1, 0.15) is 47.6 Å². The second-order valence-electron chi connectivity index (χ2n) is 6.11. The Balaban J connectivity index is 2.09. The Bertz CT molecular complexity index is 761. The van der Waals surface area contributed by atoms with Crippen LogP contribution in [-0.4, -0.2) is 55.1 Å². The molecule has 2 rings (SSSR count). The van der Waals surface area contributed by atoms with E-state index in [1.54, 1.807) is 0 Å². The normalized spacial score (nSPS) is 17.1. The van der Waals surface area contributed by atoms with E-state index in [4.69, 9.17) is 0 Å². The summed E-state index contributed by atoms with van der Waals surface area (Å²) in [4.78, 5) is 0. The fourth-order valence-electron chi connectivity index (χ4n) is 2.35. The molecule has 0 heterocycles. The molecule has 2 aromatic rings. The predicted octanol–water partition coefficient (Wildman–Crippen LogP) is 1.91. The summed E-state index contributed by atoms with van der Waals surface area (Å²) in [6, 6.07) is 9.75. The van der Waals surface area contributed by atoms with Gasteiger partial charge < -0.3 is 30.6 Å². The molecular formula is C20H20F2O6. The Labute approximate surface area is 159 Å². The molecule has 4 atom stereocenters. The topological polar surface area (TPSA) is 121 Å². The van der Waals surface area contributed by atoms with Crippen LogP contribution in [0.25, 0.3) is 12.2 Å². The molecule has 0 saturated carbocycles. The van der Waals surface area contributed by atoms with Crippen molar-refractivity contribution in [1.82, 2.24) is 0 Å². The first-order valence-corrected chi connectivity index (χ1v) is 8.23. The van der Waals surface area contributed by atoms with Crippen LogP contribution in [0.5, 0.6) is 0 Å². The number of hydrogen-bond donors (Lipinski definition) is 6. The third-order valence-electron chi connectivity index (χ3n) is 3.97. The van der Waals surface area contributed by atoms with E-state index in [1.165, 1.54) is 24.3 Å². The zero-order valence-electron chi connectivity index (χ0n) is 14.5. The van der Waals surface area contributed by atoms with E-state index in [-0.39, 0.29) is 0 Å². The summed E-state index contributed by atoms with van der Waals surface area (Å²) in [6.45, 7) is 0. The van der Waals surface area contributed by atoms with Gasteiger partial charge in [-0.05, 0) is 47.5 Å². The maximum absolute atomic E-state index is 12.9. The highest BCUT2D eigenvalue weighted by atomic mass is 19.1. The Kier molecular flexibility index (Phi) is 7.24. The van der Waals surface area contributed by atoms with Crippen molar-refractivity contribution >= 4 is 12.2 Å². The standard InChI is InChI=1S/C20H20F2O6/c21-13-5-1-11(2-6-13)9-15(23)17(25)19(27)20(28)18(26)16(24)10-12-3-7-14(22)8-4-12/h1-10,17-20,23-28H/t17-,18+,19-,20-/m1/s1. The highest BCUT2D eigenvalue weighted by Gasteiger charge is 2.34. The van der Waals surface area contributed by atoms with E-state index in [9.17, 15) is 39.4 Å². The van der Waals surface area contributed by atoms with Gasteiger partial charge in [-0.25, -0.2) is 8.78 Å². The molecule has 0 radical (unpaired) electrons. The molecule has 6 nitrogen and oxygen atoms in total. The van der Waals surface area contributed by atoms with Crippen molar-refractivity contribution in [3.05, 3.63) is 82.8 Å². The first-order chi connectivity index (χ1) is 13.2. The van der Waals surface area contributed by atoms with Gasteiger partial charge >= 0.3 is 0 Å². The van der Waals surface area contributed by atoms with Crippen molar-refractivity contribution in [2.24, 2.45) is 0 Å². The quantitative estimate of drug-likeness (QED) is 0.399. The molecule has 2 aromatic carbocycles. The van der Waals surface area contributed by atoms with E-state index in [2.05, 4.69) is 0 Å². The molecule has 0 amide bonds. The minimum absolute atomic E-state index is 0.319. The van der Waals surface area contributed by atoms with Crippen LogP contribution in [0.1, 0.15) is 11.1 Å². The molecular weight excluding hydrogens is 374 g/mol. The highest BCUT2D eigenvalue weighted by molar-refractivity contribution is 5.53. The predicted molar refractivity (Wildman–Crippen MR) is 98.0 cm³/mol. The average molecular weight is 394 g/mol. The van der Waals surface area contributed by atoms with Gasteiger partial charge in [0.25, 0.3) is 0 Å². The summed E-state index contributed by atoms with van der Waals surface area (Å²) < 4.78 is 25.8. The monoisotopic (exact) mass is 394 g/mol. The van der Waals surface area contributed by atoms with Crippen molar-refractivity contribution in [3.63, 3.8) is 0 Å². The van der Waals surface area contributed by atoms with Crippen LogP contribution < -0.4 is 0 Å². The lowest BCUT2D eigenvalue weighted by molar-refractivity contribution is -0.0996. The third kappa shape index (κ3) is 5.61. The number of aliphatic hydroxyl groups is 6. The smallest absolute Gasteiger partial charge is 0.139 e. The van der Waals surface area contributed by atoms with Crippen molar-refractivity contribution in [2.75, 3.05) is 0 Å². The second-order valence-corrected chi connectivity index (χ2v) is 6.11. The minimum atomic E-state index is -2.06. The van der Waals surface area contributed by atoms with Crippen LogP contribution in [-0.2, 0) is 0 Å². The Hall–Kier alpha value is -2.78. The van der Waals surface area contributed by atoms with Gasteiger partial charge in [0.15, 0.2) is 0 Å². The minimum Gasteiger partial charge on any atom is -0.509 e. The fraction of sp³-hybridized carbons (Fsp3) is 0.200. The lowest BCUT2D eigenvalue weighted by Gasteiger charge is -2.26. The summed E-state index contributed by atoms with van der Waals surface area (Å²) in [5, 5.41) is 59.7. The number of benzene rings is 2. The van der Waals surface area contributed by atoms with Crippen molar-refractivity contribution < 1.29 is 39.4 Å². The van der Waals surface area contributed by atoms with Crippen LogP contribution in [0, 0.1) is 11.6 Å². The summed E-state index contributed by atoms with van der Waals surface area (Å²) in [5.74, 6) is -2.49. The Morgan fingerprint density at radius 2 is 0.893 bits per heavy atom. The number of halogens is 2. The largest absolute Gasteiger partial charge is 0.509 e. The van der Waals surface area contributed by atoms with Gasteiger partial charge in [0.05, 0.1) is 0 Å². The zero-order valence-corrected chi connectivity index (χ0v) is 14.5. The van der Waals surface area contributed by atoms with Crippen LogP contribution in [0.2, 0.25) is 0 Å². The Morgan fingerprint density at radius 3 is 1.18 bits per heavy atom. The third-order valence-corrected chi connectivity index (χ3v) is 3.97. The van der Waals surface area contributed by atoms with Gasteiger partial charge in [-0.15, -0.1) is 0 Å². The average Bonchev–Trinajstić information content (AvgIpc) is 2.69. The molecule has 8 heteroatoms. The Morgan fingerprint density at radius 1 is 0.607 bits per heavy atom. The first kappa shape index (κ1) is 21.5. The summed E-state index contributed by atoms with van der Waals surface area (Å²) >= 11 is 0. The van der Waals surface area contributed by atoms with Gasteiger partial charge in [-0.1, -0.05) is 24.3 Å². The van der Waals surface area contributed by atoms with Crippen LogP contribution in [0.15, 0.2) is 60.0 Å².